The first kappa shape index (κ1) is 14.8. The number of nitriles is 1. The van der Waals surface area contributed by atoms with Crippen molar-refractivity contribution in [1.29, 1.82) is 5.26 Å². The van der Waals surface area contributed by atoms with E-state index < -0.39 is 11.0 Å². The van der Waals surface area contributed by atoms with Gasteiger partial charge >= 0.3 is 0 Å². The van der Waals surface area contributed by atoms with E-state index in [-0.39, 0.29) is 0 Å². The first-order valence-electron chi connectivity index (χ1n) is 7.73. The smallest absolute Gasteiger partial charge is 0.109 e. The first-order chi connectivity index (χ1) is 9.01. The first-order valence-corrected chi connectivity index (χ1v) is 7.73. The van der Waals surface area contributed by atoms with Crippen molar-refractivity contribution >= 4 is 0 Å². The fourth-order valence-electron chi connectivity index (χ4n) is 4.02. The van der Waals surface area contributed by atoms with E-state index in [1.54, 1.807) is 0 Å². The summed E-state index contributed by atoms with van der Waals surface area (Å²) in [4.78, 5) is 0. The zero-order valence-corrected chi connectivity index (χ0v) is 12.3. The van der Waals surface area contributed by atoms with Crippen LogP contribution in [0.5, 0.6) is 0 Å². The van der Waals surface area contributed by atoms with Gasteiger partial charge in [0.05, 0.1) is 18.3 Å². The quantitative estimate of drug-likeness (QED) is 0.852. The van der Waals surface area contributed by atoms with Gasteiger partial charge in [0.1, 0.15) is 5.41 Å². The molecule has 2 rings (SSSR count). The molecular weight excluding hydrogens is 238 g/mol. The SMILES string of the molecule is CC(C)CC1CCCC(O)(C2(C#N)CCCOC2)C1. The molecule has 19 heavy (non-hydrogen) atoms. The Hall–Kier alpha value is -0.590. The van der Waals surface area contributed by atoms with Gasteiger partial charge in [-0.1, -0.05) is 26.7 Å². The van der Waals surface area contributed by atoms with E-state index in [9.17, 15) is 10.4 Å². The second-order valence-electron chi connectivity index (χ2n) is 6.97. The van der Waals surface area contributed by atoms with E-state index in [4.69, 9.17) is 4.74 Å². The van der Waals surface area contributed by atoms with Crippen LogP contribution >= 0.6 is 0 Å². The predicted octanol–water partition coefficient (Wildman–Crippen LogP) is 3.27. The molecule has 1 aliphatic carbocycles. The van der Waals surface area contributed by atoms with Crippen LogP contribution in [0.2, 0.25) is 0 Å². The minimum absolute atomic E-state index is 0.411. The summed E-state index contributed by atoms with van der Waals surface area (Å²) in [6.45, 7) is 5.61. The minimum Gasteiger partial charge on any atom is -0.388 e. The summed E-state index contributed by atoms with van der Waals surface area (Å²) in [5, 5.41) is 20.8. The maximum Gasteiger partial charge on any atom is 0.109 e. The van der Waals surface area contributed by atoms with Crippen LogP contribution in [-0.2, 0) is 4.74 Å². The summed E-state index contributed by atoms with van der Waals surface area (Å²) in [5.74, 6) is 1.22. The molecule has 2 fully saturated rings. The molecule has 3 heteroatoms. The molecule has 3 unspecified atom stereocenters. The zero-order chi connectivity index (χ0) is 13.9. The van der Waals surface area contributed by atoms with Crippen molar-refractivity contribution in [3.8, 4) is 6.07 Å². The van der Waals surface area contributed by atoms with Crippen LogP contribution in [0.25, 0.3) is 0 Å². The Bertz CT molecular complexity index is 341. The summed E-state index contributed by atoms with van der Waals surface area (Å²) in [7, 11) is 0. The molecule has 0 aromatic carbocycles. The maximum atomic E-state index is 11.1. The molecule has 0 bridgehead atoms. The third-order valence-corrected chi connectivity index (χ3v) is 4.98. The molecule has 108 valence electrons. The Kier molecular flexibility index (Phi) is 4.53. The van der Waals surface area contributed by atoms with Crippen molar-refractivity contribution in [2.45, 2.75) is 64.4 Å². The highest BCUT2D eigenvalue weighted by Gasteiger charge is 2.53. The number of ether oxygens (including phenoxy) is 1. The molecule has 2 aliphatic rings. The largest absolute Gasteiger partial charge is 0.388 e. The van der Waals surface area contributed by atoms with E-state index >= 15 is 0 Å². The number of aliphatic hydroxyl groups is 1. The van der Waals surface area contributed by atoms with Crippen LogP contribution in [0.4, 0.5) is 0 Å². The lowest BCUT2D eigenvalue weighted by atomic mass is 9.60. The van der Waals surface area contributed by atoms with Gasteiger partial charge in [0.2, 0.25) is 0 Å². The molecule has 0 aromatic heterocycles. The van der Waals surface area contributed by atoms with Gasteiger partial charge in [-0.05, 0) is 43.9 Å². The van der Waals surface area contributed by atoms with Crippen molar-refractivity contribution < 1.29 is 9.84 Å². The third-order valence-electron chi connectivity index (χ3n) is 4.98. The van der Waals surface area contributed by atoms with Gasteiger partial charge in [0.15, 0.2) is 0 Å². The van der Waals surface area contributed by atoms with Gasteiger partial charge in [-0.3, -0.25) is 0 Å². The number of nitrogens with zero attached hydrogens (tertiary/aromatic N) is 1. The second-order valence-corrected chi connectivity index (χ2v) is 6.97. The normalized spacial score (nSPS) is 40.1. The molecule has 0 aromatic rings. The van der Waals surface area contributed by atoms with Crippen molar-refractivity contribution in [2.24, 2.45) is 17.3 Å². The van der Waals surface area contributed by atoms with Gasteiger partial charge in [-0.2, -0.15) is 5.26 Å². The standard InChI is InChI=1S/C16H27NO2/c1-13(2)9-14-5-3-7-16(18,10-14)15(11-17)6-4-8-19-12-15/h13-14,18H,3-10,12H2,1-2H3. The minimum atomic E-state index is -0.833. The summed E-state index contributed by atoms with van der Waals surface area (Å²) in [6.07, 6.45) is 6.62. The third kappa shape index (κ3) is 2.95. The van der Waals surface area contributed by atoms with Crippen LogP contribution in [0, 0.1) is 28.6 Å². The molecule has 3 atom stereocenters. The Balaban J connectivity index is 2.13. The van der Waals surface area contributed by atoms with Crippen LogP contribution in [0.3, 0.4) is 0 Å². The van der Waals surface area contributed by atoms with Crippen LogP contribution in [0.15, 0.2) is 0 Å². The maximum absolute atomic E-state index is 11.1. The molecule has 0 spiro atoms. The highest BCUT2D eigenvalue weighted by atomic mass is 16.5. The topological polar surface area (TPSA) is 53.2 Å². The van der Waals surface area contributed by atoms with Gasteiger partial charge < -0.3 is 9.84 Å². The van der Waals surface area contributed by atoms with Crippen LogP contribution in [-0.4, -0.2) is 23.9 Å². The molecule has 0 amide bonds. The van der Waals surface area contributed by atoms with Crippen molar-refractivity contribution in [1.82, 2.24) is 0 Å². The Morgan fingerprint density at radius 3 is 2.74 bits per heavy atom. The molecule has 1 saturated heterocycles. The second kappa shape index (κ2) is 5.81. The van der Waals surface area contributed by atoms with Gasteiger partial charge in [0.25, 0.3) is 0 Å². The van der Waals surface area contributed by atoms with Crippen molar-refractivity contribution in [2.75, 3.05) is 13.2 Å². The predicted molar refractivity (Wildman–Crippen MR) is 74.5 cm³/mol. The lowest BCUT2D eigenvalue weighted by Crippen LogP contribution is -2.54. The average Bonchev–Trinajstić information content (AvgIpc) is 2.38. The highest BCUT2D eigenvalue weighted by Crippen LogP contribution is 2.49. The van der Waals surface area contributed by atoms with Gasteiger partial charge in [0, 0.05) is 6.61 Å². The lowest BCUT2D eigenvalue weighted by Gasteiger charge is -2.48. The van der Waals surface area contributed by atoms with E-state index in [0.29, 0.717) is 18.4 Å². The van der Waals surface area contributed by atoms with E-state index in [2.05, 4.69) is 19.9 Å². The molecule has 1 aliphatic heterocycles. The van der Waals surface area contributed by atoms with Gasteiger partial charge in [-0.25, -0.2) is 0 Å². The summed E-state index contributed by atoms with van der Waals surface area (Å²) in [5.41, 5.74) is -1.50. The monoisotopic (exact) mass is 265 g/mol. The molecule has 1 saturated carbocycles. The fraction of sp³-hybridized carbons (Fsp3) is 0.938. The molecule has 1 N–H and O–H groups in total. The number of hydrogen-bond acceptors (Lipinski definition) is 3. The average molecular weight is 265 g/mol. The van der Waals surface area contributed by atoms with Crippen LogP contribution in [0.1, 0.15) is 58.8 Å². The van der Waals surface area contributed by atoms with E-state index in [1.165, 1.54) is 6.42 Å². The number of rotatable bonds is 3. The van der Waals surface area contributed by atoms with E-state index in [0.717, 1.165) is 45.1 Å². The lowest BCUT2D eigenvalue weighted by molar-refractivity contribution is -0.145. The fourth-order valence-corrected chi connectivity index (χ4v) is 4.02. The highest BCUT2D eigenvalue weighted by molar-refractivity contribution is 5.14. The zero-order valence-electron chi connectivity index (χ0n) is 12.3. The molecular formula is C16H27NO2. The van der Waals surface area contributed by atoms with E-state index in [1.807, 2.05) is 0 Å². The van der Waals surface area contributed by atoms with Crippen molar-refractivity contribution in [3.63, 3.8) is 0 Å². The molecule has 3 nitrogen and oxygen atoms in total. The summed E-state index contributed by atoms with van der Waals surface area (Å²) < 4.78 is 5.53. The summed E-state index contributed by atoms with van der Waals surface area (Å²) in [6, 6.07) is 2.43. The van der Waals surface area contributed by atoms with Crippen LogP contribution < -0.4 is 0 Å². The summed E-state index contributed by atoms with van der Waals surface area (Å²) >= 11 is 0. The van der Waals surface area contributed by atoms with Crippen molar-refractivity contribution in [3.05, 3.63) is 0 Å². The molecule has 0 radical (unpaired) electrons. The Labute approximate surface area is 117 Å². The molecule has 1 heterocycles. The number of hydrogen-bond donors (Lipinski definition) is 1. The van der Waals surface area contributed by atoms with Gasteiger partial charge in [-0.15, -0.1) is 0 Å². The Morgan fingerprint density at radius 1 is 1.37 bits per heavy atom. The Morgan fingerprint density at radius 2 is 2.16 bits per heavy atom.